The average molecular weight is 329 g/mol. The highest BCUT2D eigenvalue weighted by Gasteiger charge is 2.60. The second-order valence-corrected chi connectivity index (χ2v) is 6.02. The number of rotatable bonds is 2. The molecule has 3 heterocycles. The number of aliphatic carboxylic acids is 1. The summed E-state index contributed by atoms with van der Waals surface area (Å²) in [7, 11) is 0. The molecule has 0 radical (unpaired) electrons. The van der Waals surface area contributed by atoms with Gasteiger partial charge in [-0.1, -0.05) is 6.07 Å². The zero-order valence-corrected chi connectivity index (χ0v) is 12.1. The molecule has 2 aliphatic rings. The smallest absolute Gasteiger partial charge is 0.375 e. The van der Waals surface area contributed by atoms with Gasteiger partial charge in [-0.25, -0.2) is 14.5 Å². The van der Waals surface area contributed by atoms with Crippen molar-refractivity contribution in [3.8, 4) is 6.07 Å². The second-order valence-electron chi connectivity index (χ2n) is 4.61. The summed E-state index contributed by atoms with van der Waals surface area (Å²) < 4.78 is 12.2. The minimum absolute atomic E-state index is 0.0196. The van der Waals surface area contributed by atoms with Crippen LogP contribution in [0.2, 0.25) is 0 Å². The molecule has 1 unspecified atom stereocenters. The molecule has 9 heteroatoms. The summed E-state index contributed by atoms with van der Waals surface area (Å²) >= 11 is -2.24. The van der Waals surface area contributed by atoms with E-state index in [0.717, 1.165) is 0 Å². The molecule has 8 nitrogen and oxygen atoms in total. The predicted molar refractivity (Wildman–Crippen MR) is 76.3 cm³/mol. The Hall–Kier alpha value is -2.96. The summed E-state index contributed by atoms with van der Waals surface area (Å²) in [5.41, 5.74) is -1.08. The molecule has 1 aromatic heterocycles. The van der Waals surface area contributed by atoms with E-state index in [-0.39, 0.29) is 5.57 Å². The summed E-state index contributed by atoms with van der Waals surface area (Å²) in [6.45, 7) is 0. The number of nitrogens with zero attached hydrogens (tertiary/aromatic N) is 3. The molecule has 1 N–H and O–H groups in total. The van der Waals surface area contributed by atoms with Crippen molar-refractivity contribution in [3.63, 3.8) is 0 Å². The fourth-order valence-electron chi connectivity index (χ4n) is 2.34. The van der Waals surface area contributed by atoms with E-state index in [1.54, 1.807) is 18.2 Å². The summed E-state index contributed by atoms with van der Waals surface area (Å²) in [5.74, 6) is -2.31. The quantitative estimate of drug-likeness (QED) is 0.450. The first-order valence-electron chi connectivity index (χ1n) is 6.26. The molecule has 114 valence electrons. The zero-order chi connectivity index (χ0) is 16.7. The predicted octanol–water partition coefficient (Wildman–Crippen LogP) is -0.216. The topological polar surface area (TPSA) is 134 Å². The third kappa shape index (κ3) is 2.12. The average Bonchev–Trinajstić information content (AvgIpc) is 2.55. The zero-order valence-electron chi connectivity index (χ0n) is 11.3. The Bertz CT molecular complexity index is 840. The lowest BCUT2D eigenvalue weighted by Crippen LogP contribution is -2.63. The minimum atomic E-state index is -2.24. The SMILES string of the molecule is N#CC1=C(C(=O)O)N2C(=O)/C(=C/c3ccccn3)[C@@H]2[S+]([O-])C1=O. The van der Waals surface area contributed by atoms with Crippen LogP contribution in [-0.2, 0) is 25.6 Å². The Morgan fingerprint density at radius 1 is 1.48 bits per heavy atom. The van der Waals surface area contributed by atoms with Crippen LogP contribution in [0, 0.1) is 11.3 Å². The first-order chi connectivity index (χ1) is 11.0. The van der Waals surface area contributed by atoms with Crippen molar-refractivity contribution in [2.75, 3.05) is 0 Å². The molecule has 2 atom stereocenters. The summed E-state index contributed by atoms with van der Waals surface area (Å²) in [6.07, 6.45) is 2.85. The summed E-state index contributed by atoms with van der Waals surface area (Å²) in [6, 6.07) is 6.37. The fourth-order valence-corrected chi connectivity index (χ4v) is 3.67. The molecule has 0 aliphatic carbocycles. The molecule has 0 saturated carbocycles. The number of amides is 1. The van der Waals surface area contributed by atoms with Crippen LogP contribution < -0.4 is 0 Å². The van der Waals surface area contributed by atoms with Crippen molar-refractivity contribution in [1.82, 2.24) is 9.88 Å². The number of hydrogen-bond donors (Lipinski definition) is 1. The Morgan fingerprint density at radius 2 is 2.22 bits per heavy atom. The minimum Gasteiger partial charge on any atom is -0.607 e. The molecule has 1 aromatic rings. The largest absolute Gasteiger partial charge is 0.607 e. The van der Waals surface area contributed by atoms with Gasteiger partial charge in [0.25, 0.3) is 5.91 Å². The molecule has 1 fully saturated rings. The van der Waals surface area contributed by atoms with Crippen LogP contribution in [0.25, 0.3) is 6.08 Å². The van der Waals surface area contributed by atoms with Gasteiger partial charge in [0, 0.05) is 6.20 Å². The maximum Gasteiger partial charge on any atom is 0.375 e. The van der Waals surface area contributed by atoms with E-state index < -0.39 is 44.8 Å². The molecule has 0 aromatic carbocycles. The second kappa shape index (κ2) is 5.35. The van der Waals surface area contributed by atoms with Gasteiger partial charge in [0.05, 0.1) is 22.4 Å². The number of aromatic nitrogens is 1. The van der Waals surface area contributed by atoms with E-state index in [4.69, 9.17) is 5.26 Å². The highest BCUT2D eigenvalue weighted by molar-refractivity contribution is 8.07. The normalized spacial score (nSPS) is 25.0. The van der Waals surface area contributed by atoms with Gasteiger partial charge in [0.2, 0.25) is 5.37 Å². The third-order valence-electron chi connectivity index (χ3n) is 3.34. The Labute approximate surface area is 132 Å². The highest BCUT2D eigenvalue weighted by atomic mass is 32.2. The lowest BCUT2D eigenvalue weighted by Gasteiger charge is -2.43. The van der Waals surface area contributed by atoms with Crippen LogP contribution in [0.15, 0.2) is 41.2 Å². The maximum atomic E-state index is 12.2. The van der Waals surface area contributed by atoms with Crippen molar-refractivity contribution in [2.24, 2.45) is 0 Å². The Kier molecular flexibility index (Phi) is 3.48. The van der Waals surface area contributed by atoms with Crippen molar-refractivity contribution < 1.29 is 24.0 Å². The molecule has 0 bridgehead atoms. The van der Waals surface area contributed by atoms with Crippen LogP contribution in [0.5, 0.6) is 0 Å². The Morgan fingerprint density at radius 3 is 2.78 bits per heavy atom. The number of carbonyl (C=O) groups is 3. The first kappa shape index (κ1) is 15.0. The summed E-state index contributed by atoms with van der Waals surface area (Å²) in [4.78, 5) is 40.1. The van der Waals surface area contributed by atoms with Crippen molar-refractivity contribution >= 4 is 34.2 Å². The monoisotopic (exact) mass is 329 g/mol. The number of carbonyl (C=O) groups excluding carboxylic acids is 2. The van der Waals surface area contributed by atoms with Gasteiger partial charge in [0.15, 0.2) is 11.3 Å². The van der Waals surface area contributed by atoms with Crippen LogP contribution >= 0.6 is 0 Å². The van der Waals surface area contributed by atoms with Gasteiger partial charge in [0.1, 0.15) is 6.07 Å². The number of fused-ring (bicyclic) bond motifs is 1. The van der Waals surface area contributed by atoms with E-state index >= 15 is 0 Å². The molecule has 3 rings (SSSR count). The van der Waals surface area contributed by atoms with Gasteiger partial charge in [-0.05, 0) is 18.2 Å². The van der Waals surface area contributed by atoms with E-state index in [9.17, 15) is 24.0 Å². The van der Waals surface area contributed by atoms with E-state index in [2.05, 4.69) is 4.98 Å². The van der Waals surface area contributed by atoms with Crippen LogP contribution in [0.1, 0.15) is 5.69 Å². The van der Waals surface area contributed by atoms with Gasteiger partial charge >= 0.3 is 11.1 Å². The standard InChI is InChI=1S/C14H7N3O5S/c15-6-9-10(13(19)20)17-11(18)8(12(17)23(22)14(9)21)5-7-3-1-2-4-16-7/h1-5,12H,(H,19,20)/b8-5-/t12-,23?/m0/s1. The van der Waals surface area contributed by atoms with Crippen molar-refractivity contribution in [1.29, 1.82) is 5.26 Å². The van der Waals surface area contributed by atoms with Crippen LogP contribution in [0.4, 0.5) is 0 Å². The number of β-lactam (4-membered cyclic amide) rings is 1. The molecule has 23 heavy (non-hydrogen) atoms. The van der Waals surface area contributed by atoms with Crippen molar-refractivity contribution in [3.05, 3.63) is 46.9 Å². The van der Waals surface area contributed by atoms with Gasteiger partial charge in [-0.3, -0.25) is 9.78 Å². The maximum absolute atomic E-state index is 12.2. The first-order valence-corrected chi connectivity index (χ1v) is 7.47. The molecular formula is C14H7N3O5S. The third-order valence-corrected chi connectivity index (χ3v) is 4.78. The van der Waals surface area contributed by atoms with E-state index in [0.29, 0.717) is 10.6 Å². The Balaban J connectivity index is 2.09. The highest BCUT2D eigenvalue weighted by Crippen LogP contribution is 2.41. The molecule has 0 spiro atoms. The van der Waals surface area contributed by atoms with Gasteiger partial charge in [-0.2, -0.15) is 5.26 Å². The van der Waals surface area contributed by atoms with E-state index in [1.165, 1.54) is 18.3 Å². The number of carboxylic acid groups (broad SMARTS) is 1. The molecular weight excluding hydrogens is 322 g/mol. The lowest BCUT2D eigenvalue weighted by atomic mass is 10.0. The number of hydrogen-bond acceptors (Lipinski definition) is 6. The lowest BCUT2D eigenvalue weighted by molar-refractivity contribution is -0.142. The molecule has 2 aliphatic heterocycles. The van der Waals surface area contributed by atoms with Crippen LogP contribution in [-0.4, -0.2) is 41.9 Å². The fraction of sp³-hybridized carbons (Fsp3) is 0.0714. The van der Waals surface area contributed by atoms with Gasteiger partial charge < -0.3 is 9.66 Å². The number of nitriles is 1. The number of pyridine rings is 1. The van der Waals surface area contributed by atoms with E-state index in [1.807, 2.05) is 0 Å². The number of carboxylic acids is 1. The summed E-state index contributed by atoms with van der Waals surface area (Å²) in [5, 5.41) is 15.8. The van der Waals surface area contributed by atoms with Crippen molar-refractivity contribution in [2.45, 2.75) is 5.37 Å². The molecule has 1 amide bonds. The molecule has 1 saturated heterocycles. The van der Waals surface area contributed by atoms with Gasteiger partial charge in [-0.15, -0.1) is 0 Å². The van der Waals surface area contributed by atoms with Crippen LogP contribution in [0.3, 0.4) is 0 Å².